The summed E-state index contributed by atoms with van der Waals surface area (Å²) in [7, 11) is 2.03. The Bertz CT molecular complexity index is 283. The highest BCUT2D eigenvalue weighted by molar-refractivity contribution is 5.84. The van der Waals surface area contributed by atoms with E-state index < -0.39 is 0 Å². The van der Waals surface area contributed by atoms with Gasteiger partial charge in [0.15, 0.2) is 0 Å². The summed E-state index contributed by atoms with van der Waals surface area (Å²) in [6, 6.07) is 0.00222. The Morgan fingerprint density at radius 2 is 2.13 bits per heavy atom. The smallest absolute Gasteiger partial charge is 0.241 e. The molecule has 0 fully saturated rings. The second-order valence-electron chi connectivity index (χ2n) is 4.64. The number of carbonyl (C=O) groups excluding carboxylic acids is 1. The van der Waals surface area contributed by atoms with Crippen molar-refractivity contribution < 1.29 is 4.79 Å². The molecule has 0 saturated carbocycles. The van der Waals surface area contributed by atoms with Gasteiger partial charge in [0, 0.05) is 12.2 Å². The second-order valence-corrected chi connectivity index (χ2v) is 4.64. The molecule has 0 aliphatic carbocycles. The molecule has 0 aromatic carbocycles. The van der Waals surface area contributed by atoms with E-state index in [4.69, 9.17) is 0 Å². The van der Waals surface area contributed by atoms with Crippen molar-refractivity contribution >= 4 is 5.91 Å². The molecule has 0 radical (unpaired) electrons. The van der Waals surface area contributed by atoms with Crippen molar-refractivity contribution in [3.05, 3.63) is 11.3 Å². The number of amides is 1. The maximum absolute atomic E-state index is 12.0. The molecular weight excluding hydrogens is 188 g/mol. The highest BCUT2D eigenvalue weighted by atomic mass is 16.2. The van der Waals surface area contributed by atoms with E-state index in [0.29, 0.717) is 5.92 Å². The molecule has 1 N–H and O–H groups in total. The van der Waals surface area contributed by atoms with Crippen LogP contribution in [-0.2, 0) is 4.79 Å². The van der Waals surface area contributed by atoms with E-state index >= 15 is 0 Å². The zero-order valence-electron chi connectivity index (χ0n) is 10.4. The van der Waals surface area contributed by atoms with Crippen LogP contribution in [0.4, 0.5) is 0 Å². The van der Waals surface area contributed by atoms with Gasteiger partial charge >= 0.3 is 0 Å². The molecule has 0 aromatic rings. The molecule has 2 unspecified atom stereocenters. The number of carbonyl (C=O) groups is 1. The summed E-state index contributed by atoms with van der Waals surface area (Å²) in [5.74, 6) is 0.537. The molecule has 1 aliphatic heterocycles. The van der Waals surface area contributed by atoms with E-state index in [0.717, 1.165) is 18.7 Å². The van der Waals surface area contributed by atoms with Gasteiger partial charge in [-0.3, -0.25) is 9.69 Å². The minimum Gasteiger partial charge on any atom is -0.329 e. The van der Waals surface area contributed by atoms with Crippen LogP contribution in [-0.4, -0.2) is 30.4 Å². The minimum absolute atomic E-state index is 0.00222. The Kier molecular flexibility index (Phi) is 3.91. The maximum atomic E-state index is 12.0. The zero-order valence-corrected chi connectivity index (χ0v) is 10.4. The van der Waals surface area contributed by atoms with Crippen molar-refractivity contribution in [3.63, 3.8) is 0 Å². The Hall–Kier alpha value is -0.830. The first-order valence-electron chi connectivity index (χ1n) is 5.64. The fourth-order valence-electron chi connectivity index (χ4n) is 2.07. The van der Waals surface area contributed by atoms with Crippen LogP contribution < -0.4 is 5.32 Å². The fourth-order valence-corrected chi connectivity index (χ4v) is 2.07. The molecule has 1 heterocycles. The Morgan fingerprint density at radius 1 is 1.53 bits per heavy atom. The molecule has 86 valence electrons. The predicted octanol–water partition coefficient (Wildman–Crippen LogP) is 1.76. The molecule has 0 saturated heterocycles. The lowest BCUT2D eigenvalue weighted by atomic mass is 9.97. The molecule has 1 aliphatic rings. The molecule has 0 aromatic heterocycles. The normalized spacial score (nSPS) is 26.2. The van der Waals surface area contributed by atoms with E-state index in [1.807, 2.05) is 14.0 Å². The van der Waals surface area contributed by atoms with Gasteiger partial charge < -0.3 is 5.32 Å². The van der Waals surface area contributed by atoms with Gasteiger partial charge in [0.1, 0.15) is 0 Å². The van der Waals surface area contributed by atoms with Gasteiger partial charge in [-0.1, -0.05) is 20.3 Å². The Balaban J connectivity index is 2.89. The lowest BCUT2D eigenvalue weighted by molar-refractivity contribution is -0.126. The number of rotatable bonds is 2. The third-order valence-electron chi connectivity index (χ3n) is 3.36. The van der Waals surface area contributed by atoms with Gasteiger partial charge in [-0.2, -0.15) is 0 Å². The van der Waals surface area contributed by atoms with Crippen LogP contribution in [0.25, 0.3) is 0 Å². The Labute approximate surface area is 92.5 Å². The first kappa shape index (κ1) is 12.2. The van der Waals surface area contributed by atoms with E-state index in [1.165, 1.54) is 5.57 Å². The van der Waals surface area contributed by atoms with E-state index in [-0.39, 0.29) is 11.9 Å². The van der Waals surface area contributed by atoms with Crippen molar-refractivity contribution in [1.29, 1.82) is 0 Å². The van der Waals surface area contributed by atoms with Gasteiger partial charge in [0.25, 0.3) is 0 Å². The number of likely N-dealkylation sites (N-methyl/N-ethyl adjacent to an activating group) is 1. The predicted molar refractivity (Wildman–Crippen MR) is 62.4 cm³/mol. The summed E-state index contributed by atoms with van der Waals surface area (Å²) in [4.78, 5) is 14.1. The monoisotopic (exact) mass is 210 g/mol. The topological polar surface area (TPSA) is 32.3 Å². The van der Waals surface area contributed by atoms with Crippen LogP contribution in [0.15, 0.2) is 11.3 Å². The van der Waals surface area contributed by atoms with Crippen molar-refractivity contribution in [3.8, 4) is 0 Å². The van der Waals surface area contributed by atoms with Crippen LogP contribution in [0.5, 0.6) is 0 Å². The van der Waals surface area contributed by atoms with Crippen LogP contribution in [0.1, 0.15) is 34.1 Å². The van der Waals surface area contributed by atoms with Gasteiger partial charge in [0.05, 0.1) is 6.04 Å². The van der Waals surface area contributed by atoms with Gasteiger partial charge in [-0.25, -0.2) is 0 Å². The summed E-state index contributed by atoms with van der Waals surface area (Å²) < 4.78 is 0. The zero-order chi connectivity index (χ0) is 11.6. The van der Waals surface area contributed by atoms with Crippen LogP contribution >= 0.6 is 0 Å². The molecule has 3 nitrogen and oxygen atoms in total. The number of nitrogens with one attached hydrogen (secondary N) is 1. The summed E-state index contributed by atoms with van der Waals surface area (Å²) >= 11 is 0. The number of hydrogen-bond donors (Lipinski definition) is 1. The average Bonchev–Trinajstić information content (AvgIpc) is 2.24. The number of allylic oxidation sites excluding steroid dienone is 1. The first-order valence-corrected chi connectivity index (χ1v) is 5.64. The molecule has 2 atom stereocenters. The van der Waals surface area contributed by atoms with Crippen molar-refractivity contribution in [1.82, 2.24) is 10.2 Å². The van der Waals surface area contributed by atoms with Crippen molar-refractivity contribution in [2.75, 3.05) is 13.6 Å². The quantitative estimate of drug-likeness (QED) is 0.753. The minimum atomic E-state index is 0.00222. The molecule has 0 bridgehead atoms. The highest BCUT2D eigenvalue weighted by Gasteiger charge is 2.30. The van der Waals surface area contributed by atoms with Crippen molar-refractivity contribution in [2.45, 2.75) is 40.2 Å². The van der Waals surface area contributed by atoms with Crippen LogP contribution in [0, 0.1) is 5.92 Å². The van der Waals surface area contributed by atoms with Gasteiger partial charge in [-0.05, 0) is 32.4 Å². The first-order chi connectivity index (χ1) is 6.97. The van der Waals surface area contributed by atoms with Crippen molar-refractivity contribution in [2.24, 2.45) is 5.92 Å². The molecule has 1 amide bonds. The summed E-state index contributed by atoms with van der Waals surface area (Å²) in [5, 5.41) is 2.99. The lowest BCUT2D eigenvalue weighted by Gasteiger charge is -2.29. The second kappa shape index (κ2) is 4.79. The average molecular weight is 210 g/mol. The van der Waals surface area contributed by atoms with E-state index in [9.17, 15) is 4.79 Å². The van der Waals surface area contributed by atoms with Crippen LogP contribution in [0.2, 0.25) is 0 Å². The molecule has 0 spiro atoms. The maximum Gasteiger partial charge on any atom is 0.241 e. The van der Waals surface area contributed by atoms with Gasteiger partial charge in [-0.15, -0.1) is 0 Å². The molecule has 15 heavy (non-hydrogen) atoms. The number of hydrogen-bond acceptors (Lipinski definition) is 2. The SMILES string of the molecule is CCC(C)C1C(=O)NC(C)=C(C)CN1C. The third-order valence-corrected chi connectivity index (χ3v) is 3.36. The summed E-state index contributed by atoms with van der Waals surface area (Å²) in [6.45, 7) is 9.19. The lowest BCUT2D eigenvalue weighted by Crippen LogP contribution is -2.46. The van der Waals surface area contributed by atoms with Crippen LogP contribution in [0.3, 0.4) is 0 Å². The number of nitrogens with zero attached hydrogens (tertiary/aromatic N) is 1. The van der Waals surface area contributed by atoms with E-state index in [2.05, 4.69) is 31.0 Å². The van der Waals surface area contributed by atoms with E-state index in [1.54, 1.807) is 0 Å². The molecule has 3 heteroatoms. The van der Waals surface area contributed by atoms with Gasteiger partial charge in [0.2, 0.25) is 5.91 Å². The standard InChI is InChI=1S/C12H22N2O/c1-6-8(2)11-12(15)13-10(4)9(3)7-14(11)5/h8,11H,6-7H2,1-5H3,(H,13,15). The molecule has 1 rings (SSSR count). The largest absolute Gasteiger partial charge is 0.329 e. The fraction of sp³-hybridized carbons (Fsp3) is 0.750. The highest BCUT2D eigenvalue weighted by Crippen LogP contribution is 2.18. The third kappa shape index (κ3) is 2.59. The Morgan fingerprint density at radius 3 is 2.67 bits per heavy atom. The summed E-state index contributed by atoms with van der Waals surface area (Å²) in [6.07, 6.45) is 1.03. The summed E-state index contributed by atoms with van der Waals surface area (Å²) in [5.41, 5.74) is 2.26. The molecular formula is C12H22N2O.